The van der Waals surface area contributed by atoms with Gasteiger partial charge in [0.05, 0.1) is 31.6 Å². The van der Waals surface area contributed by atoms with E-state index >= 15 is 0 Å². The maximum atomic E-state index is 13.0. The highest BCUT2D eigenvalue weighted by Crippen LogP contribution is 2.19. The molecule has 0 aliphatic carbocycles. The van der Waals surface area contributed by atoms with Crippen LogP contribution in [0.5, 0.6) is 5.75 Å². The second-order valence-corrected chi connectivity index (χ2v) is 6.00. The van der Waals surface area contributed by atoms with Crippen molar-refractivity contribution in [1.82, 2.24) is 10.3 Å². The number of rotatable bonds is 6. The van der Waals surface area contributed by atoms with Crippen LogP contribution in [0.1, 0.15) is 22.6 Å². The van der Waals surface area contributed by atoms with Crippen LogP contribution in [-0.2, 0) is 16.1 Å². The first-order valence-corrected chi connectivity index (χ1v) is 8.41. The largest absolute Gasteiger partial charge is 0.488 e. The number of amides is 1. The van der Waals surface area contributed by atoms with Crippen LogP contribution in [0, 0.1) is 5.82 Å². The molecule has 2 atom stereocenters. The van der Waals surface area contributed by atoms with Crippen LogP contribution >= 0.6 is 0 Å². The Labute approximate surface area is 151 Å². The van der Waals surface area contributed by atoms with Crippen LogP contribution in [-0.4, -0.2) is 43.4 Å². The second kappa shape index (κ2) is 8.73. The molecule has 1 aliphatic heterocycles. The normalized spacial score (nSPS) is 19.8. The average Bonchev–Trinajstić information content (AvgIpc) is 2.66. The number of aromatic nitrogens is 1. The number of nitrogens with zero attached hydrogens (tertiary/aromatic N) is 1. The van der Waals surface area contributed by atoms with Crippen molar-refractivity contribution in [1.29, 1.82) is 0 Å². The standard InChI is InChI=1S/C19H21FN2O4/c1-24-11-14-3-2-4-16(21-14)19(23)22-17-12-25-10-9-18(17)26-15-7-5-13(20)6-8-15/h2-8,17-18H,9-12H2,1H3,(H,22,23)/t17-,18+/m1/s1. The molecule has 3 rings (SSSR count). The number of carbonyl (C=O) groups is 1. The van der Waals surface area contributed by atoms with E-state index in [9.17, 15) is 9.18 Å². The van der Waals surface area contributed by atoms with Crippen LogP contribution in [0.25, 0.3) is 0 Å². The monoisotopic (exact) mass is 360 g/mol. The summed E-state index contributed by atoms with van der Waals surface area (Å²) in [6.45, 7) is 1.22. The third-order valence-corrected chi connectivity index (χ3v) is 4.04. The first kappa shape index (κ1) is 18.3. The first-order valence-electron chi connectivity index (χ1n) is 8.41. The van der Waals surface area contributed by atoms with Gasteiger partial charge >= 0.3 is 0 Å². The molecule has 2 heterocycles. The zero-order valence-corrected chi connectivity index (χ0v) is 14.5. The summed E-state index contributed by atoms with van der Waals surface area (Å²) in [5, 5.41) is 2.92. The van der Waals surface area contributed by atoms with Gasteiger partial charge in [0, 0.05) is 13.5 Å². The predicted octanol–water partition coefficient (Wildman–Crippen LogP) is 2.33. The van der Waals surface area contributed by atoms with Gasteiger partial charge in [-0.25, -0.2) is 9.37 Å². The lowest BCUT2D eigenvalue weighted by molar-refractivity contribution is -0.00297. The molecule has 1 fully saturated rings. The number of pyridine rings is 1. The topological polar surface area (TPSA) is 69.7 Å². The van der Waals surface area contributed by atoms with Crippen LogP contribution in [0.15, 0.2) is 42.5 Å². The summed E-state index contributed by atoms with van der Waals surface area (Å²) >= 11 is 0. The Kier molecular flexibility index (Phi) is 6.14. The summed E-state index contributed by atoms with van der Waals surface area (Å²) < 4.78 is 29.5. The van der Waals surface area contributed by atoms with Gasteiger partial charge in [-0.1, -0.05) is 6.07 Å². The molecule has 1 amide bonds. The molecule has 0 saturated carbocycles. The third-order valence-electron chi connectivity index (χ3n) is 4.04. The van der Waals surface area contributed by atoms with E-state index in [1.165, 1.54) is 12.1 Å². The summed E-state index contributed by atoms with van der Waals surface area (Å²) in [4.78, 5) is 16.8. The molecular weight excluding hydrogens is 339 g/mol. The molecule has 0 unspecified atom stereocenters. The van der Waals surface area contributed by atoms with Crippen LogP contribution in [0.3, 0.4) is 0 Å². The molecule has 0 spiro atoms. The number of hydrogen-bond acceptors (Lipinski definition) is 5. The zero-order valence-electron chi connectivity index (χ0n) is 14.5. The molecule has 1 N–H and O–H groups in total. The lowest BCUT2D eigenvalue weighted by Crippen LogP contribution is -2.52. The van der Waals surface area contributed by atoms with E-state index in [0.29, 0.717) is 43.4 Å². The molecule has 26 heavy (non-hydrogen) atoms. The third kappa shape index (κ3) is 4.77. The summed E-state index contributed by atoms with van der Waals surface area (Å²) in [5.41, 5.74) is 0.991. The maximum Gasteiger partial charge on any atom is 0.270 e. The predicted molar refractivity (Wildman–Crippen MR) is 92.5 cm³/mol. The molecular formula is C19H21FN2O4. The van der Waals surface area contributed by atoms with Crippen molar-refractivity contribution < 1.29 is 23.4 Å². The lowest BCUT2D eigenvalue weighted by atomic mass is 10.1. The van der Waals surface area contributed by atoms with Crippen molar-refractivity contribution >= 4 is 5.91 Å². The van der Waals surface area contributed by atoms with Crippen molar-refractivity contribution in [2.45, 2.75) is 25.2 Å². The molecule has 1 saturated heterocycles. The Morgan fingerprint density at radius 3 is 2.88 bits per heavy atom. The number of halogens is 1. The quantitative estimate of drug-likeness (QED) is 0.856. The van der Waals surface area contributed by atoms with Crippen molar-refractivity contribution in [3.05, 3.63) is 59.7 Å². The molecule has 0 radical (unpaired) electrons. The van der Waals surface area contributed by atoms with Gasteiger partial charge in [-0.3, -0.25) is 4.79 Å². The number of ether oxygens (including phenoxy) is 3. The smallest absolute Gasteiger partial charge is 0.270 e. The van der Waals surface area contributed by atoms with Crippen LogP contribution in [0.2, 0.25) is 0 Å². The van der Waals surface area contributed by atoms with E-state index in [2.05, 4.69) is 10.3 Å². The Morgan fingerprint density at radius 2 is 2.12 bits per heavy atom. The van der Waals surface area contributed by atoms with Gasteiger partial charge in [0.2, 0.25) is 0 Å². The minimum absolute atomic E-state index is 0.264. The van der Waals surface area contributed by atoms with E-state index in [0.717, 1.165) is 0 Å². The molecule has 1 aromatic heterocycles. The van der Waals surface area contributed by atoms with Crippen molar-refractivity contribution in [2.75, 3.05) is 20.3 Å². The first-order chi connectivity index (χ1) is 12.7. The van der Waals surface area contributed by atoms with Gasteiger partial charge in [-0.05, 0) is 36.4 Å². The van der Waals surface area contributed by atoms with Gasteiger partial charge in [0.15, 0.2) is 0 Å². The van der Waals surface area contributed by atoms with Gasteiger partial charge in [0.1, 0.15) is 23.4 Å². The van der Waals surface area contributed by atoms with Crippen LogP contribution < -0.4 is 10.1 Å². The molecule has 2 aromatic rings. The molecule has 6 nitrogen and oxygen atoms in total. The summed E-state index contributed by atoms with van der Waals surface area (Å²) in [6.07, 6.45) is 0.361. The van der Waals surface area contributed by atoms with Crippen LogP contribution in [0.4, 0.5) is 4.39 Å². The van der Waals surface area contributed by atoms with E-state index in [4.69, 9.17) is 14.2 Å². The zero-order chi connectivity index (χ0) is 18.4. The van der Waals surface area contributed by atoms with Gasteiger partial charge in [-0.15, -0.1) is 0 Å². The van der Waals surface area contributed by atoms with Crippen molar-refractivity contribution in [3.63, 3.8) is 0 Å². The highest BCUT2D eigenvalue weighted by molar-refractivity contribution is 5.92. The minimum Gasteiger partial charge on any atom is -0.488 e. The maximum absolute atomic E-state index is 13.0. The molecule has 7 heteroatoms. The summed E-state index contributed by atoms with van der Waals surface area (Å²) in [7, 11) is 1.57. The fourth-order valence-electron chi connectivity index (χ4n) is 2.76. The number of benzene rings is 1. The number of carbonyl (C=O) groups excluding carboxylic acids is 1. The highest BCUT2D eigenvalue weighted by atomic mass is 19.1. The summed E-state index contributed by atoms with van der Waals surface area (Å²) in [5.74, 6) is -0.0693. The Balaban J connectivity index is 1.66. The molecule has 138 valence electrons. The second-order valence-electron chi connectivity index (χ2n) is 6.00. The molecule has 0 bridgehead atoms. The number of nitrogens with one attached hydrogen (secondary N) is 1. The number of methoxy groups -OCH3 is 1. The van der Waals surface area contributed by atoms with Gasteiger partial charge in [0.25, 0.3) is 5.91 Å². The number of hydrogen-bond donors (Lipinski definition) is 1. The van der Waals surface area contributed by atoms with Gasteiger partial charge in [-0.2, -0.15) is 0 Å². The van der Waals surface area contributed by atoms with E-state index in [1.807, 2.05) is 0 Å². The SMILES string of the molecule is COCc1cccc(C(=O)N[C@@H]2COCC[C@@H]2Oc2ccc(F)cc2)n1. The minimum atomic E-state index is -0.325. The molecule has 1 aromatic carbocycles. The fraction of sp³-hybridized carbons (Fsp3) is 0.368. The highest BCUT2D eigenvalue weighted by Gasteiger charge is 2.29. The van der Waals surface area contributed by atoms with E-state index < -0.39 is 0 Å². The summed E-state index contributed by atoms with van der Waals surface area (Å²) in [6, 6.07) is 10.7. The lowest BCUT2D eigenvalue weighted by Gasteiger charge is -2.32. The van der Waals surface area contributed by atoms with Gasteiger partial charge < -0.3 is 19.5 Å². The van der Waals surface area contributed by atoms with Crippen molar-refractivity contribution in [2.24, 2.45) is 0 Å². The molecule has 1 aliphatic rings. The Bertz CT molecular complexity index is 739. The van der Waals surface area contributed by atoms with Crippen molar-refractivity contribution in [3.8, 4) is 5.75 Å². The van der Waals surface area contributed by atoms with E-state index in [-0.39, 0.29) is 23.9 Å². The van der Waals surface area contributed by atoms with E-state index in [1.54, 1.807) is 37.4 Å². The average molecular weight is 360 g/mol. The Morgan fingerprint density at radius 1 is 1.31 bits per heavy atom. The Hall–Kier alpha value is -2.51. The fourth-order valence-corrected chi connectivity index (χ4v) is 2.76.